The molecular formula is C35H31F13O5. The maximum absolute atomic E-state index is 15.0. The lowest BCUT2D eigenvalue weighted by Crippen LogP contribution is -2.34. The van der Waals surface area contributed by atoms with E-state index in [-0.39, 0.29) is 18.1 Å². The minimum absolute atomic E-state index is 0.0757. The van der Waals surface area contributed by atoms with Crippen molar-refractivity contribution >= 4 is 0 Å². The van der Waals surface area contributed by atoms with Crippen LogP contribution < -0.4 is 9.47 Å². The first-order chi connectivity index (χ1) is 24.7. The smallest absolute Gasteiger partial charge is 0.429 e. The van der Waals surface area contributed by atoms with Gasteiger partial charge in [-0.15, -0.1) is 13.2 Å². The van der Waals surface area contributed by atoms with Gasteiger partial charge in [-0.25, -0.2) is 22.3 Å². The number of rotatable bonds is 12. The summed E-state index contributed by atoms with van der Waals surface area (Å²) in [5.74, 6) is -11.2. The van der Waals surface area contributed by atoms with Crippen LogP contribution in [-0.4, -0.2) is 19.6 Å². The van der Waals surface area contributed by atoms with E-state index >= 15 is 8.78 Å². The fourth-order valence-corrected chi connectivity index (χ4v) is 6.55. The summed E-state index contributed by atoms with van der Waals surface area (Å²) >= 11 is 0. The lowest BCUT2D eigenvalue weighted by atomic mass is 9.75. The highest BCUT2D eigenvalue weighted by atomic mass is 19.4. The summed E-state index contributed by atoms with van der Waals surface area (Å²) in [7, 11) is 0. The first kappa shape index (κ1) is 40.4. The lowest BCUT2D eigenvalue weighted by molar-refractivity contribution is -0.432. The molecule has 1 aliphatic carbocycles. The number of hydrogen-bond acceptors (Lipinski definition) is 5. The molecule has 18 heteroatoms. The van der Waals surface area contributed by atoms with Gasteiger partial charge in [0, 0.05) is 35.7 Å². The van der Waals surface area contributed by atoms with E-state index in [1.54, 1.807) is 0 Å². The van der Waals surface area contributed by atoms with Crippen LogP contribution in [0.25, 0.3) is 0 Å². The molecule has 3 aromatic carbocycles. The summed E-state index contributed by atoms with van der Waals surface area (Å²) in [6.45, 7) is 3.01. The van der Waals surface area contributed by atoms with E-state index in [2.05, 4.69) is 21.1 Å². The summed E-state index contributed by atoms with van der Waals surface area (Å²) in [5.41, 5.74) is -5.34. The molecule has 292 valence electrons. The number of halogens is 13. The molecule has 0 amide bonds. The number of benzene rings is 3. The van der Waals surface area contributed by atoms with Crippen LogP contribution >= 0.6 is 0 Å². The van der Waals surface area contributed by atoms with Crippen LogP contribution in [0, 0.1) is 41.0 Å². The fraction of sp³-hybridized carbons (Fsp3) is 0.486. The van der Waals surface area contributed by atoms with Crippen molar-refractivity contribution in [2.75, 3.05) is 13.2 Å². The van der Waals surface area contributed by atoms with E-state index in [4.69, 9.17) is 9.47 Å². The Kier molecular flexibility index (Phi) is 11.8. The summed E-state index contributed by atoms with van der Waals surface area (Å²) in [6, 6.07) is 3.38. The Hall–Kier alpha value is -3.77. The van der Waals surface area contributed by atoms with E-state index in [0.29, 0.717) is 24.7 Å². The van der Waals surface area contributed by atoms with Crippen LogP contribution in [0.15, 0.2) is 48.5 Å². The monoisotopic (exact) mass is 778 g/mol. The Balaban J connectivity index is 1.22. The Bertz CT molecular complexity index is 1670. The lowest BCUT2D eigenvalue weighted by Gasteiger charge is -2.37. The average Bonchev–Trinajstić information content (AvgIpc) is 3.03. The summed E-state index contributed by atoms with van der Waals surface area (Å²) in [6.07, 6.45) is -15.2. The molecule has 5 nitrogen and oxygen atoms in total. The summed E-state index contributed by atoms with van der Waals surface area (Å²) in [5, 5.41) is 0. The van der Waals surface area contributed by atoms with Crippen molar-refractivity contribution in [3.63, 3.8) is 0 Å². The van der Waals surface area contributed by atoms with Gasteiger partial charge in [0.1, 0.15) is 45.9 Å². The van der Waals surface area contributed by atoms with Gasteiger partial charge in [-0.2, -0.15) is 26.3 Å². The van der Waals surface area contributed by atoms with Crippen LogP contribution in [0.1, 0.15) is 74.0 Å². The topological polar surface area (TPSA) is 46.2 Å². The second-order valence-electron chi connectivity index (χ2n) is 12.8. The van der Waals surface area contributed by atoms with Crippen molar-refractivity contribution in [2.45, 2.75) is 76.4 Å². The molecule has 1 heterocycles. The molecule has 53 heavy (non-hydrogen) atoms. The quantitative estimate of drug-likeness (QED) is 0.171. The molecule has 2 fully saturated rings. The first-order valence-corrected chi connectivity index (χ1v) is 16.3. The van der Waals surface area contributed by atoms with Gasteiger partial charge in [0.25, 0.3) is 0 Å². The standard InChI is InChI=1S/C35H31F13O5/c1-2-3-18-4-6-19(7-5-18)21-16-49-31(50-17-21)20-8-10-22(11-9-20)32(40,41)51-23-12-25(36)29(26(37)13-23)33(42,43)52-24-14-27(38)30(28(39)15-24)34(44,45)53-35(46,47)48/h8-15,18-19,21,31H,2-7,16-17H2,1H3. The minimum atomic E-state index is -6.08. The van der Waals surface area contributed by atoms with Crippen molar-refractivity contribution < 1.29 is 80.8 Å². The Morgan fingerprint density at radius 2 is 1.06 bits per heavy atom. The van der Waals surface area contributed by atoms with E-state index in [9.17, 15) is 48.3 Å². The maximum Gasteiger partial charge on any atom is 0.527 e. The van der Waals surface area contributed by atoms with Gasteiger partial charge in [-0.05, 0) is 36.8 Å². The minimum Gasteiger partial charge on any atom is -0.429 e. The summed E-state index contributed by atoms with van der Waals surface area (Å²) < 4.78 is 204. The maximum atomic E-state index is 15.0. The molecule has 3 aromatic rings. The molecule has 2 aliphatic rings. The Morgan fingerprint density at radius 1 is 0.604 bits per heavy atom. The van der Waals surface area contributed by atoms with Gasteiger partial charge in [-0.3, -0.25) is 0 Å². The van der Waals surface area contributed by atoms with Crippen LogP contribution in [-0.2, 0) is 32.5 Å². The third-order valence-electron chi connectivity index (χ3n) is 9.05. The second-order valence-corrected chi connectivity index (χ2v) is 12.8. The third kappa shape index (κ3) is 9.67. The molecule has 0 bridgehead atoms. The zero-order chi connectivity index (χ0) is 38.9. The molecule has 0 N–H and O–H groups in total. The predicted molar refractivity (Wildman–Crippen MR) is 158 cm³/mol. The molecule has 1 saturated carbocycles. The molecule has 0 aromatic heterocycles. The fourth-order valence-electron chi connectivity index (χ4n) is 6.55. The molecule has 1 aliphatic heterocycles. The number of hydrogen-bond donors (Lipinski definition) is 0. The highest BCUT2D eigenvalue weighted by Crippen LogP contribution is 2.43. The first-order valence-electron chi connectivity index (χ1n) is 16.3. The van der Waals surface area contributed by atoms with Gasteiger partial charge in [0.05, 0.1) is 18.8 Å². The van der Waals surface area contributed by atoms with Crippen molar-refractivity contribution in [3.05, 3.63) is 94.1 Å². The van der Waals surface area contributed by atoms with Crippen LogP contribution in [0.4, 0.5) is 57.1 Å². The molecule has 5 rings (SSSR count). The second kappa shape index (κ2) is 15.5. The highest BCUT2D eigenvalue weighted by molar-refractivity contribution is 5.36. The molecule has 0 atom stereocenters. The van der Waals surface area contributed by atoms with Gasteiger partial charge in [-0.1, -0.05) is 44.7 Å². The van der Waals surface area contributed by atoms with Crippen molar-refractivity contribution in [2.24, 2.45) is 17.8 Å². The van der Waals surface area contributed by atoms with Gasteiger partial charge >= 0.3 is 24.7 Å². The molecule has 0 unspecified atom stereocenters. The number of ether oxygens (including phenoxy) is 5. The third-order valence-corrected chi connectivity index (χ3v) is 9.05. The van der Waals surface area contributed by atoms with Crippen LogP contribution in [0.5, 0.6) is 11.5 Å². The SMILES string of the molecule is CCCC1CCC(C2COC(c3ccc(C(F)(F)Oc4cc(F)c(C(F)(F)Oc5cc(F)c(C(F)(F)OC(F)(F)F)c(F)c5)c(F)c4)cc3)OC2)CC1. The zero-order valence-electron chi connectivity index (χ0n) is 27.5. The van der Waals surface area contributed by atoms with Crippen molar-refractivity contribution in [1.82, 2.24) is 0 Å². The highest BCUT2D eigenvalue weighted by Gasteiger charge is 2.50. The summed E-state index contributed by atoms with van der Waals surface area (Å²) in [4.78, 5) is 0. The van der Waals surface area contributed by atoms with E-state index in [1.165, 1.54) is 18.6 Å². The largest absolute Gasteiger partial charge is 0.527 e. The average molecular weight is 779 g/mol. The predicted octanol–water partition coefficient (Wildman–Crippen LogP) is 11.4. The van der Waals surface area contributed by atoms with E-state index in [0.717, 1.165) is 50.2 Å². The molecule has 1 saturated heterocycles. The van der Waals surface area contributed by atoms with Gasteiger partial charge < -0.3 is 18.9 Å². The molecule has 0 spiro atoms. The number of alkyl halides is 9. The Labute approximate surface area is 293 Å². The Morgan fingerprint density at radius 3 is 1.51 bits per heavy atom. The van der Waals surface area contributed by atoms with Crippen molar-refractivity contribution in [3.8, 4) is 11.5 Å². The molecule has 0 radical (unpaired) electrons. The van der Waals surface area contributed by atoms with E-state index in [1.807, 2.05) is 0 Å². The van der Waals surface area contributed by atoms with E-state index < -0.39 is 94.6 Å². The van der Waals surface area contributed by atoms with Crippen LogP contribution in [0.2, 0.25) is 0 Å². The normalized spacial score (nSPS) is 21.8. The zero-order valence-corrected chi connectivity index (χ0v) is 27.5. The van der Waals surface area contributed by atoms with Gasteiger partial charge in [0.2, 0.25) is 0 Å². The van der Waals surface area contributed by atoms with Crippen LogP contribution in [0.3, 0.4) is 0 Å². The molecular weight excluding hydrogens is 747 g/mol. The van der Waals surface area contributed by atoms with Gasteiger partial charge in [0.15, 0.2) is 6.29 Å². The van der Waals surface area contributed by atoms with Crippen molar-refractivity contribution in [1.29, 1.82) is 0 Å².